The van der Waals surface area contributed by atoms with Gasteiger partial charge in [-0.25, -0.2) is 4.79 Å². The van der Waals surface area contributed by atoms with Gasteiger partial charge >= 0.3 is 5.63 Å². The number of nitrogens with zero attached hydrogens (tertiary/aromatic N) is 1. The van der Waals surface area contributed by atoms with Crippen molar-refractivity contribution in [1.82, 2.24) is 0 Å². The van der Waals surface area contributed by atoms with Crippen LogP contribution in [0.1, 0.15) is 16.7 Å². The third-order valence-corrected chi connectivity index (χ3v) is 4.49. The Morgan fingerprint density at radius 2 is 1.88 bits per heavy atom. The summed E-state index contributed by atoms with van der Waals surface area (Å²) in [6, 6.07) is 8.83. The molecule has 3 aromatic rings. The lowest BCUT2D eigenvalue weighted by molar-refractivity contribution is -0.384. The minimum absolute atomic E-state index is 0.0174. The van der Waals surface area contributed by atoms with E-state index in [-0.39, 0.29) is 12.3 Å². The molecule has 0 radical (unpaired) electrons. The number of non-ortho nitro benzene ring substituents is 1. The highest BCUT2D eigenvalue weighted by Crippen LogP contribution is 2.31. The second-order valence-electron chi connectivity index (χ2n) is 5.64. The second kappa shape index (κ2) is 6.57. The van der Waals surface area contributed by atoms with E-state index in [0.29, 0.717) is 21.9 Å². The molecule has 1 aromatic heterocycles. The Labute approximate surface area is 147 Å². The summed E-state index contributed by atoms with van der Waals surface area (Å²) >= 11 is 6.31. The van der Waals surface area contributed by atoms with Gasteiger partial charge < -0.3 is 9.15 Å². The number of hydrogen-bond donors (Lipinski definition) is 0. The van der Waals surface area contributed by atoms with Crippen LogP contribution in [0.4, 0.5) is 5.69 Å². The summed E-state index contributed by atoms with van der Waals surface area (Å²) in [6.07, 6.45) is 0. The minimum Gasteiger partial charge on any atom is -0.489 e. The average molecular weight is 360 g/mol. The van der Waals surface area contributed by atoms with E-state index in [4.69, 9.17) is 20.8 Å². The van der Waals surface area contributed by atoms with Gasteiger partial charge in [0, 0.05) is 34.2 Å². The van der Waals surface area contributed by atoms with Gasteiger partial charge in [-0.15, -0.1) is 0 Å². The highest BCUT2D eigenvalue weighted by Gasteiger charge is 2.14. The standard InChI is InChI=1S/C18H14ClNO5/c1-10-7-15-17(11(2)18(10)19)12(8-16(21)25-15)9-24-14-5-3-13(4-6-14)20(22)23/h3-8H,9H2,1-2H3. The van der Waals surface area contributed by atoms with E-state index in [9.17, 15) is 14.9 Å². The molecule has 6 nitrogen and oxygen atoms in total. The van der Waals surface area contributed by atoms with Crippen molar-refractivity contribution in [2.75, 3.05) is 0 Å². The SMILES string of the molecule is Cc1cc2oc(=O)cc(COc3ccc([N+](=O)[O-])cc3)c2c(C)c1Cl. The normalized spacial score (nSPS) is 10.8. The van der Waals surface area contributed by atoms with Gasteiger partial charge in [-0.1, -0.05) is 11.6 Å². The molecule has 0 saturated heterocycles. The summed E-state index contributed by atoms with van der Waals surface area (Å²) < 4.78 is 10.9. The first-order chi connectivity index (χ1) is 11.9. The fraction of sp³-hybridized carbons (Fsp3) is 0.167. The minimum atomic E-state index is -0.479. The molecular weight excluding hydrogens is 346 g/mol. The lowest BCUT2D eigenvalue weighted by atomic mass is 10.0. The molecule has 0 unspecified atom stereocenters. The molecule has 25 heavy (non-hydrogen) atoms. The van der Waals surface area contributed by atoms with Crippen LogP contribution in [-0.2, 0) is 6.61 Å². The molecule has 1 heterocycles. The van der Waals surface area contributed by atoms with Gasteiger partial charge in [0.15, 0.2) is 0 Å². The monoisotopic (exact) mass is 359 g/mol. The van der Waals surface area contributed by atoms with Crippen molar-refractivity contribution in [2.24, 2.45) is 0 Å². The smallest absolute Gasteiger partial charge is 0.336 e. The molecule has 3 rings (SSSR count). The van der Waals surface area contributed by atoms with Gasteiger partial charge in [0.05, 0.1) is 4.92 Å². The maximum atomic E-state index is 11.8. The zero-order chi connectivity index (χ0) is 18.1. The summed E-state index contributed by atoms with van der Waals surface area (Å²) in [5, 5.41) is 12.0. The van der Waals surface area contributed by atoms with Crippen molar-refractivity contribution in [3.05, 3.63) is 78.6 Å². The van der Waals surface area contributed by atoms with E-state index in [1.54, 1.807) is 6.07 Å². The first-order valence-electron chi connectivity index (χ1n) is 7.46. The molecule has 0 aliphatic heterocycles. The predicted octanol–water partition coefficient (Wildman–Crippen LogP) is 4.55. The summed E-state index contributed by atoms with van der Waals surface area (Å²) in [6.45, 7) is 3.81. The number of halogens is 1. The fourth-order valence-electron chi connectivity index (χ4n) is 2.69. The average Bonchev–Trinajstić information content (AvgIpc) is 2.57. The van der Waals surface area contributed by atoms with E-state index >= 15 is 0 Å². The molecule has 0 aliphatic carbocycles. The predicted molar refractivity (Wildman–Crippen MR) is 94.4 cm³/mol. The molecule has 0 bridgehead atoms. The molecule has 0 aliphatic rings. The number of benzene rings is 2. The van der Waals surface area contributed by atoms with Crippen LogP contribution < -0.4 is 10.4 Å². The number of nitro benzene ring substituents is 1. The van der Waals surface area contributed by atoms with Gasteiger partial charge in [-0.05, 0) is 43.2 Å². The zero-order valence-electron chi connectivity index (χ0n) is 13.5. The van der Waals surface area contributed by atoms with Crippen LogP contribution in [0.15, 0.2) is 45.6 Å². The van der Waals surface area contributed by atoms with Gasteiger partial charge in [0.2, 0.25) is 0 Å². The highest BCUT2D eigenvalue weighted by molar-refractivity contribution is 6.33. The van der Waals surface area contributed by atoms with Gasteiger partial charge in [-0.3, -0.25) is 10.1 Å². The highest BCUT2D eigenvalue weighted by atomic mass is 35.5. The Morgan fingerprint density at radius 1 is 1.20 bits per heavy atom. The topological polar surface area (TPSA) is 82.6 Å². The molecule has 2 aromatic carbocycles. The Bertz CT molecular complexity index is 1020. The van der Waals surface area contributed by atoms with E-state index in [2.05, 4.69) is 0 Å². The van der Waals surface area contributed by atoms with Crippen LogP contribution in [0.2, 0.25) is 5.02 Å². The van der Waals surface area contributed by atoms with Gasteiger partial charge in [0.25, 0.3) is 5.69 Å². The van der Waals surface area contributed by atoms with Crippen molar-refractivity contribution in [2.45, 2.75) is 20.5 Å². The van der Waals surface area contributed by atoms with E-state index in [1.165, 1.54) is 30.3 Å². The van der Waals surface area contributed by atoms with Crippen molar-refractivity contribution in [3.8, 4) is 5.75 Å². The second-order valence-corrected chi connectivity index (χ2v) is 6.01. The molecule has 0 N–H and O–H groups in total. The lowest BCUT2D eigenvalue weighted by Crippen LogP contribution is -2.05. The molecule has 0 atom stereocenters. The number of ether oxygens (including phenoxy) is 1. The molecular formula is C18H14ClNO5. The Kier molecular flexibility index (Phi) is 4.46. The quantitative estimate of drug-likeness (QED) is 0.387. The molecule has 128 valence electrons. The van der Waals surface area contributed by atoms with Crippen molar-refractivity contribution >= 4 is 28.3 Å². The van der Waals surface area contributed by atoms with Crippen molar-refractivity contribution in [3.63, 3.8) is 0 Å². The number of rotatable bonds is 4. The first-order valence-corrected chi connectivity index (χ1v) is 7.84. The maximum absolute atomic E-state index is 11.8. The molecule has 0 spiro atoms. The zero-order valence-corrected chi connectivity index (χ0v) is 14.3. The first kappa shape index (κ1) is 17.0. The lowest BCUT2D eigenvalue weighted by Gasteiger charge is -2.12. The van der Waals surface area contributed by atoms with E-state index in [1.807, 2.05) is 13.8 Å². The number of hydrogen-bond acceptors (Lipinski definition) is 5. The number of fused-ring (bicyclic) bond motifs is 1. The van der Waals surface area contributed by atoms with E-state index < -0.39 is 10.5 Å². The van der Waals surface area contributed by atoms with Crippen LogP contribution in [0.25, 0.3) is 11.0 Å². The van der Waals surface area contributed by atoms with Crippen LogP contribution in [0.3, 0.4) is 0 Å². The summed E-state index contributed by atoms with van der Waals surface area (Å²) in [5.41, 5.74) is 2.23. The van der Waals surface area contributed by atoms with Crippen molar-refractivity contribution in [1.29, 1.82) is 0 Å². The van der Waals surface area contributed by atoms with Crippen LogP contribution in [0, 0.1) is 24.0 Å². The Hall–Kier alpha value is -2.86. The third kappa shape index (κ3) is 3.34. The summed E-state index contributed by atoms with van der Waals surface area (Å²) in [5.74, 6) is 0.461. The van der Waals surface area contributed by atoms with Crippen LogP contribution in [0.5, 0.6) is 5.75 Å². The fourth-order valence-corrected chi connectivity index (χ4v) is 2.84. The maximum Gasteiger partial charge on any atom is 0.336 e. The van der Waals surface area contributed by atoms with E-state index in [0.717, 1.165) is 16.5 Å². The Balaban J connectivity index is 1.97. The molecule has 0 fully saturated rings. The number of nitro groups is 1. The summed E-state index contributed by atoms with van der Waals surface area (Å²) in [4.78, 5) is 22.0. The van der Waals surface area contributed by atoms with Gasteiger partial charge in [-0.2, -0.15) is 0 Å². The number of aryl methyl sites for hydroxylation is 2. The largest absolute Gasteiger partial charge is 0.489 e. The van der Waals surface area contributed by atoms with Crippen LogP contribution >= 0.6 is 11.6 Å². The molecule has 7 heteroatoms. The Morgan fingerprint density at radius 3 is 2.52 bits per heavy atom. The molecule has 0 amide bonds. The third-order valence-electron chi connectivity index (χ3n) is 3.91. The van der Waals surface area contributed by atoms with Gasteiger partial charge in [0.1, 0.15) is 17.9 Å². The molecule has 0 saturated carbocycles. The van der Waals surface area contributed by atoms with Crippen LogP contribution in [-0.4, -0.2) is 4.92 Å². The van der Waals surface area contributed by atoms with Crippen molar-refractivity contribution < 1.29 is 14.1 Å². The summed E-state index contributed by atoms with van der Waals surface area (Å²) in [7, 11) is 0.